The van der Waals surface area contributed by atoms with Crippen LogP contribution in [-0.4, -0.2) is 34.5 Å². The summed E-state index contributed by atoms with van der Waals surface area (Å²) in [6, 6.07) is 12.2. The fourth-order valence-corrected chi connectivity index (χ4v) is 3.78. The molecule has 0 aliphatic rings. The average molecular weight is 397 g/mol. The van der Waals surface area contributed by atoms with Gasteiger partial charge in [-0.1, -0.05) is 29.8 Å². The Kier molecular flexibility index (Phi) is 7.02. The van der Waals surface area contributed by atoms with Crippen LogP contribution in [0.5, 0.6) is 5.75 Å². The van der Waals surface area contributed by atoms with Crippen LogP contribution in [-0.2, 0) is 21.2 Å². The number of sulfonamides is 1. The number of aryl methyl sites for hydroxylation is 1. The van der Waals surface area contributed by atoms with Crippen molar-refractivity contribution in [1.82, 2.24) is 10.0 Å². The minimum Gasteiger partial charge on any atom is -0.495 e. The maximum Gasteiger partial charge on any atom is 0.244 e. The van der Waals surface area contributed by atoms with Crippen molar-refractivity contribution >= 4 is 27.5 Å². The van der Waals surface area contributed by atoms with Gasteiger partial charge < -0.3 is 10.1 Å². The summed E-state index contributed by atoms with van der Waals surface area (Å²) in [7, 11) is -2.46. The molecule has 140 valence electrons. The second kappa shape index (κ2) is 9.02. The molecule has 0 aliphatic carbocycles. The summed E-state index contributed by atoms with van der Waals surface area (Å²) in [4.78, 5) is 11.9. The minimum atomic E-state index is -3.86. The van der Waals surface area contributed by atoms with Crippen LogP contribution in [0, 0.1) is 6.92 Å². The Bertz CT molecular complexity index is 885. The molecule has 1 amide bonds. The molecule has 0 radical (unpaired) electrons. The Morgan fingerprint density at radius 1 is 1.19 bits per heavy atom. The highest BCUT2D eigenvalue weighted by atomic mass is 35.5. The van der Waals surface area contributed by atoms with Crippen molar-refractivity contribution in [2.24, 2.45) is 0 Å². The maximum absolute atomic E-state index is 12.4. The second-order valence-corrected chi connectivity index (χ2v) is 7.88. The number of carbonyl (C=O) groups is 1. The lowest BCUT2D eigenvalue weighted by molar-refractivity contribution is -0.119. The molecule has 0 aromatic heterocycles. The van der Waals surface area contributed by atoms with Crippen molar-refractivity contribution in [3.8, 4) is 5.75 Å². The average Bonchev–Trinajstić information content (AvgIpc) is 2.60. The molecule has 0 aliphatic heterocycles. The SMILES string of the molecule is COc1ccc(C)cc1S(=O)(=O)NCC(=O)NCCc1cccc(Cl)c1. The Hall–Kier alpha value is -2.09. The lowest BCUT2D eigenvalue weighted by atomic mass is 10.1. The molecule has 2 aromatic carbocycles. The predicted octanol–water partition coefficient (Wildman–Crippen LogP) is 2.29. The predicted molar refractivity (Wildman–Crippen MR) is 101 cm³/mol. The Balaban J connectivity index is 1.89. The zero-order valence-electron chi connectivity index (χ0n) is 14.6. The van der Waals surface area contributed by atoms with E-state index in [4.69, 9.17) is 16.3 Å². The monoisotopic (exact) mass is 396 g/mol. The summed E-state index contributed by atoms with van der Waals surface area (Å²) in [6.07, 6.45) is 0.602. The van der Waals surface area contributed by atoms with Gasteiger partial charge in [0.2, 0.25) is 15.9 Å². The van der Waals surface area contributed by atoms with Gasteiger partial charge in [0, 0.05) is 11.6 Å². The normalized spacial score (nSPS) is 11.2. The first kappa shape index (κ1) is 20.2. The van der Waals surface area contributed by atoms with E-state index in [0.29, 0.717) is 18.0 Å². The maximum atomic E-state index is 12.4. The molecule has 6 nitrogen and oxygen atoms in total. The van der Waals surface area contributed by atoms with E-state index >= 15 is 0 Å². The topological polar surface area (TPSA) is 84.5 Å². The van der Waals surface area contributed by atoms with Gasteiger partial charge in [-0.15, -0.1) is 0 Å². The molecule has 26 heavy (non-hydrogen) atoms. The smallest absolute Gasteiger partial charge is 0.244 e. The van der Waals surface area contributed by atoms with Crippen LogP contribution in [0.15, 0.2) is 47.4 Å². The highest BCUT2D eigenvalue weighted by Gasteiger charge is 2.20. The van der Waals surface area contributed by atoms with Crippen molar-refractivity contribution in [2.75, 3.05) is 20.2 Å². The van der Waals surface area contributed by atoms with Gasteiger partial charge in [0.1, 0.15) is 10.6 Å². The van der Waals surface area contributed by atoms with Crippen molar-refractivity contribution in [2.45, 2.75) is 18.2 Å². The molecule has 0 saturated heterocycles. The number of hydrogen-bond donors (Lipinski definition) is 2. The number of halogens is 1. The second-order valence-electron chi connectivity index (χ2n) is 5.71. The fraction of sp³-hybridized carbons (Fsp3) is 0.278. The summed E-state index contributed by atoms with van der Waals surface area (Å²) in [5.41, 5.74) is 1.76. The van der Waals surface area contributed by atoms with Gasteiger partial charge in [0.25, 0.3) is 0 Å². The molecule has 0 unspecified atom stereocenters. The molecule has 0 bridgehead atoms. The standard InChI is InChI=1S/C18H21ClN2O4S/c1-13-6-7-16(25-2)17(10-13)26(23,24)21-12-18(22)20-9-8-14-4-3-5-15(19)11-14/h3-7,10-11,21H,8-9,12H2,1-2H3,(H,20,22). The molecule has 0 fully saturated rings. The number of hydrogen-bond acceptors (Lipinski definition) is 4. The van der Waals surface area contributed by atoms with Crippen molar-refractivity contribution in [3.63, 3.8) is 0 Å². The van der Waals surface area contributed by atoms with E-state index in [-0.39, 0.29) is 17.2 Å². The number of carbonyl (C=O) groups excluding carboxylic acids is 1. The van der Waals surface area contributed by atoms with Crippen molar-refractivity contribution in [3.05, 3.63) is 58.6 Å². The summed E-state index contributed by atoms with van der Waals surface area (Å²) in [5.74, 6) is -0.188. The van der Waals surface area contributed by atoms with E-state index in [2.05, 4.69) is 10.0 Å². The highest BCUT2D eigenvalue weighted by Crippen LogP contribution is 2.24. The van der Waals surface area contributed by atoms with Gasteiger partial charge >= 0.3 is 0 Å². The number of amides is 1. The molecule has 2 N–H and O–H groups in total. The first-order valence-corrected chi connectivity index (χ1v) is 9.83. The lowest BCUT2D eigenvalue weighted by Crippen LogP contribution is -2.37. The molecule has 0 saturated carbocycles. The summed E-state index contributed by atoms with van der Waals surface area (Å²) in [6.45, 7) is 1.81. The third-order valence-corrected chi connectivity index (χ3v) is 5.31. The van der Waals surface area contributed by atoms with Gasteiger partial charge in [-0.25, -0.2) is 13.1 Å². The largest absolute Gasteiger partial charge is 0.495 e. The molecular formula is C18H21ClN2O4S. The first-order valence-electron chi connectivity index (χ1n) is 7.97. The Morgan fingerprint density at radius 3 is 2.65 bits per heavy atom. The van der Waals surface area contributed by atoms with Gasteiger partial charge in [0.15, 0.2) is 0 Å². The minimum absolute atomic E-state index is 0.00623. The first-order chi connectivity index (χ1) is 12.3. The molecular weight excluding hydrogens is 376 g/mol. The Morgan fingerprint density at radius 2 is 1.96 bits per heavy atom. The van der Waals surface area contributed by atoms with Gasteiger partial charge in [-0.05, 0) is 48.7 Å². The van der Waals surface area contributed by atoms with E-state index in [0.717, 1.165) is 11.1 Å². The van der Waals surface area contributed by atoms with Crippen LogP contribution in [0.1, 0.15) is 11.1 Å². The van der Waals surface area contributed by atoms with Crippen molar-refractivity contribution in [1.29, 1.82) is 0 Å². The lowest BCUT2D eigenvalue weighted by Gasteiger charge is -2.11. The van der Waals surface area contributed by atoms with Crippen molar-refractivity contribution < 1.29 is 17.9 Å². The van der Waals surface area contributed by atoms with E-state index in [1.807, 2.05) is 18.2 Å². The zero-order chi connectivity index (χ0) is 19.2. The number of benzene rings is 2. The van der Waals surface area contributed by atoms with E-state index < -0.39 is 15.9 Å². The third-order valence-electron chi connectivity index (χ3n) is 3.66. The molecule has 0 spiro atoms. The Labute approximate surface area is 158 Å². The highest BCUT2D eigenvalue weighted by molar-refractivity contribution is 7.89. The van der Waals surface area contributed by atoms with Crippen LogP contribution >= 0.6 is 11.6 Å². The summed E-state index contributed by atoms with van der Waals surface area (Å²) < 4.78 is 32.2. The van der Waals surface area contributed by atoms with Crippen LogP contribution in [0.3, 0.4) is 0 Å². The van der Waals surface area contributed by atoms with Crippen LogP contribution in [0.4, 0.5) is 0 Å². The summed E-state index contributed by atoms with van der Waals surface area (Å²) in [5, 5.41) is 3.31. The molecule has 2 rings (SSSR count). The number of nitrogens with one attached hydrogen (secondary N) is 2. The third kappa shape index (κ3) is 5.72. The number of rotatable bonds is 8. The van der Waals surface area contributed by atoms with Gasteiger partial charge in [-0.2, -0.15) is 0 Å². The molecule has 8 heteroatoms. The number of methoxy groups -OCH3 is 1. The van der Waals surface area contributed by atoms with Gasteiger partial charge in [0.05, 0.1) is 13.7 Å². The van der Waals surface area contributed by atoms with Gasteiger partial charge in [-0.3, -0.25) is 4.79 Å². The quantitative estimate of drug-likeness (QED) is 0.717. The fourth-order valence-electron chi connectivity index (χ4n) is 2.33. The van der Waals surface area contributed by atoms with E-state index in [9.17, 15) is 13.2 Å². The van der Waals surface area contributed by atoms with E-state index in [1.165, 1.54) is 13.2 Å². The molecule has 0 atom stereocenters. The van der Waals surface area contributed by atoms with Crippen LogP contribution < -0.4 is 14.8 Å². The zero-order valence-corrected chi connectivity index (χ0v) is 16.2. The van der Waals surface area contributed by atoms with E-state index in [1.54, 1.807) is 25.1 Å². The summed E-state index contributed by atoms with van der Waals surface area (Å²) >= 11 is 5.91. The van der Waals surface area contributed by atoms with Crippen LogP contribution in [0.2, 0.25) is 5.02 Å². The number of ether oxygens (including phenoxy) is 1. The van der Waals surface area contributed by atoms with Crippen LogP contribution in [0.25, 0.3) is 0 Å². The molecule has 2 aromatic rings. The molecule has 0 heterocycles.